The van der Waals surface area contributed by atoms with Crippen molar-refractivity contribution >= 4 is 17.3 Å². The van der Waals surface area contributed by atoms with Gasteiger partial charge in [0.1, 0.15) is 5.75 Å². The van der Waals surface area contributed by atoms with Gasteiger partial charge in [0.15, 0.2) is 6.04 Å². The fraction of sp³-hybridized carbons (Fsp3) is 0.0476. The van der Waals surface area contributed by atoms with Crippen molar-refractivity contribution < 1.29 is 9.90 Å². The van der Waals surface area contributed by atoms with E-state index in [1.807, 2.05) is 54.6 Å². The van der Waals surface area contributed by atoms with Crippen molar-refractivity contribution in [2.75, 3.05) is 5.32 Å². The number of aromatic hydroxyl groups is 1. The maximum Gasteiger partial charge on any atom is 0.253 e. The first-order valence-corrected chi connectivity index (χ1v) is 8.05. The lowest BCUT2D eigenvalue weighted by Gasteiger charge is -2.11. The van der Waals surface area contributed by atoms with Gasteiger partial charge in [-0.25, -0.2) is 0 Å². The van der Waals surface area contributed by atoms with Gasteiger partial charge < -0.3 is 10.4 Å². The number of phenols is 1. The van der Waals surface area contributed by atoms with Crippen LogP contribution in [-0.4, -0.2) is 16.7 Å². The van der Waals surface area contributed by atoms with Gasteiger partial charge in [-0.05, 0) is 23.8 Å². The Kier molecular flexibility index (Phi) is 3.78. The van der Waals surface area contributed by atoms with E-state index in [0.29, 0.717) is 0 Å². The number of anilines is 1. The number of nitrogens with one attached hydrogen (secondary N) is 1. The molecule has 4 nitrogen and oxygen atoms in total. The molecule has 1 atom stereocenters. The van der Waals surface area contributed by atoms with Crippen LogP contribution in [-0.2, 0) is 4.79 Å². The monoisotopic (exact) mass is 328 g/mol. The maximum absolute atomic E-state index is 12.8. The maximum atomic E-state index is 12.8. The third-order valence-corrected chi connectivity index (χ3v) is 4.20. The molecule has 25 heavy (non-hydrogen) atoms. The molecule has 0 saturated heterocycles. The number of fused-ring (bicyclic) bond motifs is 1. The van der Waals surface area contributed by atoms with Crippen molar-refractivity contribution in [1.29, 1.82) is 0 Å². The number of amides is 1. The Hall–Kier alpha value is -3.40. The van der Waals surface area contributed by atoms with Crippen LogP contribution in [0.25, 0.3) is 0 Å². The molecule has 1 heterocycles. The summed E-state index contributed by atoms with van der Waals surface area (Å²) < 4.78 is 0. The largest absolute Gasteiger partial charge is 0.508 e. The lowest BCUT2D eigenvalue weighted by atomic mass is 10.0. The predicted octanol–water partition coefficient (Wildman–Crippen LogP) is 3.92. The predicted molar refractivity (Wildman–Crippen MR) is 98.0 cm³/mol. The first kappa shape index (κ1) is 15.1. The molecule has 0 fully saturated rings. The van der Waals surface area contributed by atoms with Gasteiger partial charge in [-0.1, -0.05) is 60.7 Å². The van der Waals surface area contributed by atoms with E-state index in [2.05, 4.69) is 5.32 Å². The van der Waals surface area contributed by atoms with Gasteiger partial charge in [0.05, 0.1) is 11.4 Å². The standard InChI is InChI=1S/C21H16N2O2/c24-16-12-10-15(11-13-16)20-21(25)22-18-9-5-4-8-17(18)19(23-20)14-6-2-1-3-7-14/h1-13,20,24H,(H,22,25). The number of para-hydroxylation sites is 1. The molecule has 1 aliphatic heterocycles. The van der Waals surface area contributed by atoms with Gasteiger partial charge in [-0.3, -0.25) is 9.79 Å². The van der Waals surface area contributed by atoms with E-state index in [4.69, 9.17) is 4.99 Å². The van der Waals surface area contributed by atoms with Crippen LogP contribution in [0.4, 0.5) is 5.69 Å². The fourth-order valence-electron chi connectivity index (χ4n) is 2.97. The second kappa shape index (κ2) is 6.24. The highest BCUT2D eigenvalue weighted by Crippen LogP contribution is 2.30. The number of hydrogen-bond acceptors (Lipinski definition) is 3. The Bertz CT molecular complexity index is 947. The number of hydrogen-bond donors (Lipinski definition) is 2. The van der Waals surface area contributed by atoms with Crippen molar-refractivity contribution in [3.63, 3.8) is 0 Å². The van der Waals surface area contributed by atoms with E-state index in [1.165, 1.54) is 0 Å². The zero-order chi connectivity index (χ0) is 17.2. The molecule has 0 radical (unpaired) electrons. The van der Waals surface area contributed by atoms with Crippen LogP contribution in [0.5, 0.6) is 5.75 Å². The number of carbonyl (C=O) groups is 1. The number of phenolic OH excluding ortho intramolecular Hbond substituents is 1. The van der Waals surface area contributed by atoms with Crippen molar-refractivity contribution in [1.82, 2.24) is 0 Å². The molecule has 3 aromatic rings. The molecule has 4 heteroatoms. The summed E-state index contributed by atoms with van der Waals surface area (Å²) in [6, 6.07) is 23.4. The Balaban J connectivity index is 1.90. The number of benzodiazepines with no additional fused rings is 1. The number of aliphatic imine (C=N–C) groups is 1. The van der Waals surface area contributed by atoms with Crippen LogP contribution in [0.2, 0.25) is 0 Å². The SMILES string of the molecule is O=C1Nc2ccccc2C(c2ccccc2)=NC1c1ccc(O)cc1. The summed E-state index contributed by atoms with van der Waals surface area (Å²) in [7, 11) is 0. The lowest BCUT2D eigenvalue weighted by Crippen LogP contribution is -2.18. The van der Waals surface area contributed by atoms with E-state index in [0.717, 1.165) is 28.1 Å². The fourth-order valence-corrected chi connectivity index (χ4v) is 2.97. The number of nitrogens with zero attached hydrogens (tertiary/aromatic N) is 1. The molecule has 3 aromatic carbocycles. The van der Waals surface area contributed by atoms with E-state index < -0.39 is 6.04 Å². The van der Waals surface area contributed by atoms with E-state index >= 15 is 0 Å². The molecule has 0 spiro atoms. The van der Waals surface area contributed by atoms with Gasteiger partial charge in [0, 0.05) is 11.1 Å². The van der Waals surface area contributed by atoms with Gasteiger partial charge >= 0.3 is 0 Å². The third-order valence-electron chi connectivity index (χ3n) is 4.20. The summed E-state index contributed by atoms with van der Waals surface area (Å²) in [4.78, 5) is 17.5. The van der Waals surface area contributed by atoms with Gasteiger partial charge in [-0.15, -0.1) is 0 Å². The zero-order valence-electron chi connectivity index (χ0n) is 13.4. The topological polar surface area (TPSA) is 61.7 Å². The molecule has 0 bridgehead atoms. The molecule has 122 valence electrons. The van der Waals surface area contributed by atoms with E-state index in [1.54, 1.807) is 24.3 Å². The number of rotatable bonds is 2. The lowest BCUT2D eigenvalue weighted by molar-refractivity contribution is -0.117. The van der Waals surface area contributed by atoms with Crippen LogP contribution in [0.15, 0.2) is 83.9 Å². The highest BCUT2D eigenvalue weighted by Gasteiger charge is 2.26. The summed E-state index contributed by atoms with van der Waals surface area (Å²) in [6.07, 6.45) is 0. The molecule has 1 aliphatic rings. The van der Waals surface area contributed by atoms with Crippen molar-refractivity contribution in [3.8, 4) is 5.75 Å². The van der Waals surface area contributed by atoms with Crippen molar-refractivity contribution in [3.05, 3.63) is 95.6 Å². The summed E-state index contributed by atoms with van der Waals surface area (Å²) in [6.45, 7) is 0. The molecule has 4 rings (SSSR count). The first-order chi connectivity index (χ1) is 12.2. The van der Waals surface area contributed by atoms with Crippen LogP contribution in [0, 0.1) is 0 Å². The highest BCUT2D eigenvalue weighted by molar-refractivity contribution is 6.19. The minimum atomic E-state index is -0.678. The quantitative estimate of drug-likeness (QED) is 0.749. The molecular formula is C21H16N2O2. The second-order valence-electron chi connectivity index (χ2n) is 5.87. The Morgan fingerprint density at radius 3 is 2.28 bits per heavy atom. The summed E-state index contributed by atoms with van der Waals surface area (Å²) in [5, 5.41) is 12.5. The van der Waals surface area contributed by atoms with Crippen molar-refractivity contribution in [2.45, 2.75) is 6.04 Å². The summed E-state index contributed by atoms with van der Waals surface area (Å²) in [5.74, 6) is -0.0302. The molecule has 0 aliphatic carbocycles. The van der Waals surface area contributed by atoms with Crippen LogP contribution in [0.3, 0.4) is 0 Å². The van der Waals surface area contributed by atoms with Gasteiger partial charge in [0.2, 0.25) is 0 Å². The smallest absolute Gasteiger partial charge is 0.253 e. The summed E-state index contributed by atoms with van der Waals surface area (Å²) >= 11 is 0. The molecule has 0 saturated carbocycles. The highest BCUT2D eigenvalue weighted by atomic mass is 16.3. The number of carbonyl (C=O) groups excluding carboxylic acids is 1. The first-order valence-electron chi connectivity index (χ1n) is 8.05. The number of benzene rings is 3. The van der Waals surface area contributed by atoms with Gasteiger partial charge in [0.25, 0.3) is 5.91 Å². The Morgan fingerprint density at radius 2 is 1.52 bits per heavy atom. The second-order valence-corrected chi connectivity index (χ2v) is 5.87. The average Bonchev–Trinajstić information content (AvgIpc) is 2.79. The Morgan fingerprint density at radius 1 is 0.840 bits per heavy atom. The van der Waals surface area contributed by atoms with E-state index in [9.17, 15) is 9.90 Å². The minimum absolute atomic E-state index is 0.160. The zero-order valence-corrected chi connectivity index (χ0v) is 13.4. The third kappa shape index (κ3) is 2.90. The Labute approximate surface area is 145 Å². The van der Waals surface area contributed by atoms with Gasteiger partial charge in [-0.2, -0.15) is 0 Å². The molecule has 2 N–H and O–H groups in total. The molecule has 1 amide bonds. The summed E-state index contributed by atoms with van der Waals surface area (Å²) in [5.41, 5.74) is 4.10. The minimum Gasteiger partial charge on any atom is -0.508 e. The van der Waals surface area contributed by atoms with Crippen LogP contribution >= 0.6 is 0 Å². The average molecular weight is 328 g/mol. The van der Waals surface area contributed by atoms with Crippen LogP contribution in [0.1, 0.15) is 22.7 Å². The normalized spacial score (nSPS) is 16.4. The van der Waals surface area contributed by atoms with E-state index in [-0.39, 0.29) is 11.7 Å². The molecular weight excluding hydrogens is 312 g/mol. The molecule has 1 unspecified atom stereocenters. The van der Waals surface area contributed by atoms with Crippen molar-refractivity contribution in [2.24, 2.45) is 4.99 Å². The van der Waals surface area contributed by atoms with Crippen LogP contribution < -0.4 is 5.32 Å². The molecule has 0 aromatic heterocycles.